The van der Waals surface area contributed by atoms with Crippen molar-refractivity contribution in [1.82, 2.24) is 4.31 Å². The minimum atomic E-state index is -4.45. The maximum Gasteiger partial charge on any atom is 0.265 e. The van der Waals surface area contributed by atoms with Gasteiger partial charge in [-0.05, 0) is 42.5 Å². The van der Waals surface area contributed by atoms with Gasteiger partial charge >= 0.3 is 0 Å². The van der Waals surface area contributed by atoms with Gasteiger partial charge in [0.25, 0.3) is 10.0 Å². The molecule has 244 valence electrons. The number of ether oxygens (including phenoxy) is 6. The number of rotatable bonds is 13. The summed E-state index contributed by atoms with van der Waals surface area (Å²) in [5.41, 5.74) is 0.126. The van der Waals surface area contributed by atoms with E-state index < -0.39 is 32.5 Å². The van der Waals surface area contributed by atoms with E-state index in [4.69, 9.17) is 28.4 Å². The van der Waals surface area contributed by atoms with Crippen molar-refractivity contribution in [2.24, 2.45) is 0 Å². The molecule has 0 spiro atoms. The van der Waals surface area contributed by atoms with Crippen LogP contribution >= 0.6 is 0 Å². The van der Waals surface area contributed by atoms with Gasteiger partial charge in [-0.1, -0.05) is 0 Å². The van der Waals surface area contributed by atoms with E-state index in [1.807, 2.05) is 0 Å². The lowest BCUT2D eigenvalue weighted by molar-refractivity contribution is -0.114. The summed E-state index contributed by atoms with van der Waals surface area (Å²) in [7, 11) is -1.55. The molecule has 1 amide bonds. The SMILES string of the molecule is COc1ccc(OC)c(N(CC(=O)Nc2ccc(OC)c(S(=O)(=O)N3CCOCC3)c2)S(=O)(=O)c2ccc(OC)c(OC)c2)c1. The van der Waals surface area contributed by atoms with Crippen molar-refractivity contribution >= 4 is 37.3 Å². The third-order valence-corrected chi connectivity index (χ3v) is 10.6. The summed E-state index contributed by atoms with van der Waals surface area (Å²) in [6.45, 7) is 0.0881. The monoisotopic (exact) mass is 665 g/mol. The summed E-state index contributed by atoms with van der Waals surface area (Å²) in [5.74, 6) is 0.236. The van der Waals surface area contributed by atoms with Gasteiger partial charge in [-0.15, -0.1) is 0 Å². The summed E-state index contributed by atoms with van der Waals surface area (Å²) in [6, 6.07) is 12.7. The van der Waals surface area contributed by atoms with Crippen LogP contribution in [0.25, 0.3) is 0 Å². The molecular formula is C29H35N3O11S2. The number of carbonyl (C=O) groups excluding carboxylic acids is 1. The van der Waals surface area contributed by atoms with Gasteiger partial charge in [0, 0.05) is 30.9 Å². The van der Waals surface area contributed by atoms with Gasteiger partial charge in [-0.3, -0.25) is 9.10 Å². The van der Waals surface area contributed by atoms with E-state index >= 15 is 0 Å². The number of methoxy groups -OCH3 is 5. The number of morpholine rings is 1. The first-order valence-electron chi connectivity index (χ1n) is 13.5. The van der Waals surface area contributed by atoms with Crippen molar-refractivity contribution < 1.29 is 50.1 Å². The fourth-order valence-electron chi connectivity index (χ4n) is 4.61. The van der Waals surface area contributed by atoms with Crippen molar-refractivity contribution in [3.63, 3.8) is 0 Å². The summed E-state index contributed by atoms with van der Waals surface area (Å²) in [4.78, 5) is 13.2. The number of hydrogen-bond acceptors (Lipinski definition) is 11. The maximum absolute atomic E-state index is 14.1. The number of amides is 1. The molecule has 16 heteroatoms. The van der Waals surface area contributed by atoms with Gasteiger partial charge in [0.05, 0.1) is 59.3 Å². The van der Waals surface area contributed by atoms with Crippen molar-refractivity contribution in [3.8, 4) is 28.7 Å². The molecule has 1 aliphatic heterocycles. The molecule has 0 unspecified atom stereocenters. The predicted molar refractivity (Wildman–Crippen MR) is 165 cm³/mol. The number of nitrogens with zero attached hydrogens (tertiary/aromatic N) is 2. The second-order valence-corrected chi connectivity index (χ2v) is 13.3. The topological polar surface area (TPSA) is 159 Å². The first-order valence-corrected chi connectivity index (χ1v) is 16.4. The highest BCUT2D eigenvalue weighted by Gasteiger charge is 2.32. The van der Waals surface area contributed by atoms with Gasteiger partial charge in [0.15, 0.2) is 11.5 Å². The molecule has 14 nitrogen and oxygen atoms in total. The Hall–Kier alpha value is -4.25. The molecule has 3 aromatic carbocycles. The third kappa shape index (κ3) is 7.19. The van der Waals surface area contributed by atoms with E-state index in [-0.39, 0.29) is 64.7 Å². The molecule has 1 saturated heterocycles. The smallest absolute Gasteiger partial charge is 0.265 e. The molecule has 0 saturated carbocycles. The van der Waals surface area contributed by atoms with Crippen molar-refractivity contribution in [2.45, 2.75) is 9.79 Å². The summed E-state index contributed by atoms with van der Waals surface area (Å²) in [5, 5.41) is 2.61. The standard InChI is InChI=1S/C29H35N3O11S2/c1-38-21-7-10-24(39-2)23(17-21)32(44(34,35)22-8-11-25(40-3)27(18-22)42-5)19-29(33)30-20-6-9-26(41-4)28(16-20)45(36,37)31-12-14-43-15-13-31/h6-11,16-18H,12-15,19H2,1-5H3,(H,30,33). The summed E-state index contributed by atoms with van der Waals surface area (Å²) < 4.78 is 89.1. The normalized spacial score (nSPS) is 13.9. The molecular weight excluding hydrogens is 630 g/mol. The summed E-state index contributed by atoms with van der Waals surface area (Å²) in [6.07, 6.45) is 0. The highest BCUT2D eigenvalue weighted by molar-refractivity contribution is 7.93. The molecule has 0 bridgehead atoms. The molecule has 1 N–H and O–H groups in total. The van der Waals surface area contributed by atoms with Crippen LogP contribution in [0.15, 0.2) is 64.4 Å². The van der Waals surface area contributed by atoms with Gasteiger partial charge in [0.1, 0.15) is 28.7 Å². The zero-order chi connectivity index (χ0) is 32.8. The van der Waals surface area contributed by atoms with Gasteiger partial charge in [0.2, 0.25) is 15.9 Å². The lowest BCUT2D eigenvalue weighted by Gasteiger charge is -2.27. The molecule has 0 radical (unpaired) electrons. The molecule has 1 fully saturated rings. The zero-order valence-electron chi connectivity index (χ0n) is 25.4. The Balaban J connectivity index is 1.73. The Labute approximate surface area is 262 Å². The average Bonchev–Trinajstić information content (AvgIpc) is 3.06. The Kier molecular flexibility index (Phi) is 10.6. The van der Waals surface area contributed by atoms with E-state index in [1.165, 1.54) is 88.4 Å². The minimum Gasteiger partial charge on any atom is -0.497 e. The van der Waals surface area contributed by atoms with Crippen LogP contribution in [-0.4, -0.2) is 95.4 Å². The van der Waals surface area contributed by atoms with Gasteiger partial charge < -0.3 is 33.7 Å². The largest absolute Gasteiger partial charge is 0.497 e. The van der Waals surface area contributed by atoms with E-state index in [9.17, 15) is 21.6 Å². The second kappa shape index (κ2) is 14.2. The van der Waals surface area contributed by atoms with Crippen LogP contribution in [0.4, 0.5) is 11.4 Å². The van der Waals surface area contributed by atoms with E-state index in [1.54, 1.807) is 6.07 Å². The Morgan fingerprint density at radius 2 is 1.40 bits per heavy atom. The highest BCUT2D eigenvalue weighted by Crippen LogP contribution is 2.38. The van der Waals surface area contributed by atoms with Crippen LogP contribution in [-0.2, 0) is 29.6 Å². The van der Waals surface area contributed by atoms with E-state index in [0.717, 1.165) is 4.31 Å². The Morgan fingerprint density at radius 3 is 2.02 bits per heavy atom. The lowest BCUT2D eigenvalue weighted by Crippen LogP contribution is -2.40. The maximum atomic E-state index is 14.1. The minimum absolute atomic E-state index is 0.0205. The molecule has 1 aliphatic rings. The first-order chi connectivity index (χ1) is 21.5. The number of benzene rings is 3. The fourth-order valence-corrected chi connectivity index (χ4v) is 7.64. The quantitative estimate of drug-likeness (QED) is 0.286. The lowest BCUT2D eigenvalue weighted by atomic mass is 10.2. The fraction of sp³-hybridized carbons (Fsp3) is 0.345. The number of sulfonamides is 2. The van der Waals surface area contributed by atoms with Gasteiger partial charge in [-0.25, -0.2) is 16.8 Å². The van der Waals surface area contributed by atoms with Crippen LogP contribution in [0.5, 0.6) is 28.7 Å². The zero-order valence-corrected chi connectivity index (χ0v) is 27.1. The van der Waals surface area contributed by atoms with Crippen LogP contribution < -0.4 is 33.3 Å². The molecule has 0 aliphatic carbocycles. The number of carbonyl (C=O) groups is 1. The molecule has 0 atom stereocenters. The Bertz CT molecular complexity index is 1740. The molecule has 3 aromatic rings. The summed E-state index contributed by atoms with van der Waals surface area (Å²) >= 11 is 0. The third-order valence-electron chi connectivity index (χ3n) is 6.92. The van der Waals surface area contributed by atoms with Crippen LogP contribution in [0.1, 0.15) is 0 Å². The number of anilines is 2. The number of hydrogen-bond donors (Lipinski definition) is 1. The van der Waals surface area contributed by atoms with Crippen LogP contribution in [0.3, 0.4) is 0 Å². The first kappa shape index (κ1) is 33.6. The molecule has 4 rings (SSSR count). The highest BCUT2D eigenvalue weighted by atomic mass is 32.2. The van der Waals surface area contributed by atoms with Crippen LogP contribution in [0.2, 0.25) is 0 Å². The van der Waals surface area contributed by atoms with Crippen LogP contribution in [0, 0.1) is 0 Å². The number of nitrogens with one attached hydrogen (secondary N) is 1. The Morgan fingerprint density at radius 1 is 0.778 bits per heavy atom. The predicted octanol–water partition coefficient (Wildman–Crippen LogP) is 2.58. The molecule has 1 heterocycles. The average molecular weight is 666 g/mol. The van der Waals surface area contributed by atoms with Crippen molar-refractivity contribution in [3.05, 3.63) is 54.6 Å². The van der Waals surface area contributed by atoms with E-state index in [2.05, 4.69) is 5.32 Å². The van der Waals surface area contributed by atoms with Gasteiger partial charge in [-0.2, -0.15) is 4.31 Å². The van der Waals surface area contributed by atoms with Crippen molar-refractivity contribution in [1.29, 1.82) is 0 Å². The van der Waals surface area contributed by atoms with E-state index in [0.29, 0.717) is 11.5 Å². The second-order valence-electron chi connectivity index (χ2n) is 9.50. The molecule has 45 heavy (non-hydrogen) atoms. The molecule has 0 aromatic heterocycles. The van der Waals surface area contributed by atoms with Crippen molar-refractivity contribution in [2.75, 3.05) is 78.0 Å².